The first-order chi connectivity index (χ1) is 20.4. The second kappa shape index (κ2) is 12.7. The van der Waals surface area contributed by atoms with Crippen LogP contribution in [-0.2, 0) is 9.47 Å². The Morgan fingerprint density at radius 3 is 1.89 bits per heavy atom. The topological polar surface area (TPSA) is 58.9 Å². The monoisotopic (exact) mass is 600 g/mol. The van der Waals surface area contributed by atoms with Crippen LogP contribution in [0, 0.1) is 10.8 Å². The van der Waals surface area contributed by atoms with Gasteiger partial charge >= 0.3 is 0 Å². The van der Waals surface area contributed by atoms with Crippen molar-refractivity contribution < 1.29 is 19.7 Å². The van der Waals surface area contributed by atoms with Crippen molar-refractivity contribution in [3.63, 3.8) is 0 Å². The maximum atomic E-state index is 11.1. The lowest BCUT2D eigenvalue weighted by atomic mass is 9.61. The Kier molecular flexibility index (Phi) is 9.93. The molecule has 0 aromatic carbocycles. The van der Waals surface area contributed by atoms with Crippen molar-refractivity contribution in [2.75, 3.05) is 0 Å². The second-order valence-corrected chi connectivity index (χ2v) is 15.4. The van der Waals surface area contributed by atoms with Crippen molar-refractivity contribution in [2.45, 2.75) is 130 Å². The summed E-state index contributed by atoms with van der Waals surface area (Å²) in [4.78, 5) is 0. The van der Waals surface area contributed by atoms with E-state index in [0.29, 0.717) is 12.8 Å². The summed E-state index contributed by atoms with van der Waals surface area (Å²) in [6, 6.07) is 0. The van der Waals surface area contributed by atoms with Crippen molar-refractivity contribution in [2.24, 2.45) is 10.8 Å². The molecule has 3 heterocycles. The highest BCUT2D eigenvalue weighted by Gasteiger charge is 2.67. The molecule has 4 heteroatoms. The van der Waals surface area contributed by atoms with Gasteiger partial charge in [0.1, 0.15) is 5.60 Å². The van der Waals surface area contributed by atoms with E-state index in [1.807, 2.05) is 6.92 Å². The number of hydrogen-bond acceptors (Lipinski definition) is 4. The molecule has 0 aromatic heterocycles. The highest BCUT2D eigenvalue weighted by Crippen LogP contribution is 2.60. The number of hydrogen-bond donors (Lipinski definition) is 2. The Labute approximate surface area is 267 Å². The number of aliphatic hydroxyl groups is 2. The van der Waals surface area contributed by atoms with E-state index in [0.717, 1.165) is 35.1 Å². The van der Waals surface area contributed by atoms with Crippen molar-refractivity contribution in [3.8, 4) is 0 Å². The van der Waals surface area contributed by atoms with Gasteiger partial charge in [-0.3, -0.25) is 0 Å². The lowest BCUT2D eigenvalue weighted by Crippen LogP contribution is -2.56. The summed E-state index contributed by atoms with van der Waals surface area (Å²) in [5.74, 6) is 0. The van der Waals surface area contributed by atoms with E-state index >= 15 is 0 Å². The normalized spacial score (nSPS) is 37.7. The maximum Gasteiger partial charge on any atom is 0.120 e. The first-order valence-electron chi connectivity index (χ1n) is 16.3. The lowest BCUT2D eigenvalue weighted by Gasteiger charge is -2.46. The Morgan fingerprint density at radius 2 is 1.30 bits per heavy atom. The molecule has 4 nitrogen and oxygen atoms in total. The summed E-state index contributed by atoms with van der Waals surface area (Å²) in [5, 5.41) is 21.5. The number of rotatable bonds is 9. The lowest BCUT2D eigenvalue weighted by molar-refractivity contribution is -0.115. The molecule has 3 aliphatic heterocycles. The van der Waals surface area contributed by atoms with Crippen LogP contribution >= 0.6 is 0 Å². The van der Waals surface area contributed by atoms with Crippen LogP contribution < -0.4 is 0 Å². The van der Waals surface area contributed by atoms with Gasteiger partial charge in [0.2, 0.25) is 0 Å². The fourth-order valence-electron chi connectivity index (χ4n) is 8.07. The molecule has 2 bridgehead atoms. The van der Waals surface area contributed by atoms with Crippen LogP contribution in [0.3, 0.4) is 0 Å². The summed E-state index contributed by atoms with van der Waals surface area (Å²) in [7, 11) is 0. The summed E-state index contributed by atoms with van der Waals surface area (Å²) in [6.45, 7) is 21.2. The van der Waals surface area contributed by atoms with E-state index < -0.39 is 11.2 Å². The third-order valence-electron chi connectivity index (χ3n) is 10.2. The summed E-state index contributed by atoms with van der Waals surface area (Å²) >= 11 is 0. The molecule has 0 spiro atoms. The van der Waals surface area contributed by atoms with Crippen molar-refractivity contribution in [3.05, 3.63) is 107 Å². The molecular weight excluding hydrogens is 544 g/mol. The molecule has 4 rings (SSSR count). The molecule has 0 radical (unpaired) electrons. The van der Waals surface area contributed by atoms with Gasteiger partial charge in [0.05, 0.1) is 29.5 Å². The van der Waals surface area contributed by atoms with Gasteiger partial charge in [0.15, 0.2) is 0 Å². The molecule has 0 aromatic rings. The molecule has 2 saturated heterocycles. The number of fused-ring (bicyclic) bond motifs is 3. The SMILES string of the molecule is CC(/C=C/C=C(C)/C=C/[C@]12O[C@H](CC1(C)C)C[C@@]2(C)O)=C\C=C\C=C(C)\C=C\C=C(/C)[C@@H]1C=C2C(C)(C)C[C@H](O)C[C@@]2(C)O1. The zero-order valence-corrected chi connectivity index (χ0v) is 28.8. The van der Waals surface area contributed by atoms with Gasteiger partial charge in [-0.25, -0.2) is 0 Å². The third kappa shape index (κ3) is 7.15. The molecule has 0 unspecified atom stereocenters. The Bertz CT molecular complexity index is 1350. The van der Waals surface area contributed by atoms with Crippen LogP contribution in [0.15, 0.2) is 107 Å². The Morgan fingerprint density at radius 1 is 0.727 bits per heavy atom. The van der Waals surface area contributed by atoms with Crippen molar-refractivity contribution in [1.82, 2.24) is 0 Å². The zero-order valence-electron chi connectivity index (χ0n) is 28.8. The minimum atomic E-state index is -0.848. The molecule has 0 amide bonds. The smallest absolute Gasteiger partial charge is 0.120 e. The van der Waals surface area contributed by atoms with Gasteiger partial charge in [-0.05, 0) is 83.1 Å². The van der Waals surface area contributed by atoms with Gasteiger partial charge in [-0.15, -0.1) is 0 Å². The van der Waals surface area contributed by atoms with Crippen LogP contribution in [0.5, 0.6) is 0 Å². The van der Waals surface area contributed by atoms with E-state index in [1.165, 1.54) is 5.57 Å². The van der Waals surface area contributed by atoms with E-state index in [4.69, 9.17) is 9.47 Å². The van der Waals surface area contributed by atoms with E-state index in [2.05, 4.69) is 141 Å². The van der Waals surface area contributed by atoms with Gasteiger partial charge in [0.25, 0.3) is 0 Å². The average Bonchev–Trinajstić information content (AvgIpc) is 3.47. The zero-order chi connectivity index (χ0) is 32.6. The molecule has 1 saturated carbocycles. The third-order valence-corrected chi connectivity index (χ3v) is 10.2. The van der Waals surface area contributed by atoms with Crippen LogP contribution in [0.2, 0.25) is 0 Å². The maximum absolute atomic E-state index is 11.1. The predicted octanol–water partition coefficient (Wildman–Crippen LogP) is 8.97. The van der Waals surface area contributed by atoms with Crippen molar-refractivity contribution >= 4 is 0 Å². The van der Waals surface area contributed by atoms with E-state index in [1.54, 1.807) is 0 Å². The fourth-order valence-corrected chi connectivity index (χ4v) is 8.07. The van der Waals surface area contributed by atoms with Crippen LogP contribution in [0.4, 0.5) is 0 Å². The molecule has 2 N–H and O–H groups in total. The Hall–Kier alpha value is -2.50. The van der Waals surface area contributed by atoms with Gasteiger partial charge in [-0.1, -0.05) is 111 Å². The highest BCUT2D eigenvalue weighted by atomic mass is 16.5. The molecule has 6 atom stereocenters. The Balaban J connectivity index is 1.29. The van der Waals surface area contributed by atoms with E-state index in [9.17, 15) is 10.2 Å². The van der Waals surface area contributed by atoms with E-state index in [-0.39, 0.29) is 34.7 Å². The molecule has 1 aliphatic carbocycles. The average molecular weight is 601 g/mol. The molecule has 3 fully saturated rings. The number of ether oxygens (including phenoxy) is 2. The quantitative estimate of drug-likeness (QED) is 0.205. The summed E-state index contributed by atoms with van der Waals surface area (Å²) in [5.41, 5.74) is 3.90. The van der Waals surface area contributed by atoms with Gasteiger partial charge in [-0.2, -0.15) is 0 Å². The molecule has 240 valence electrons. The predicted molar refractivity (Wildman–Crippen MR) is 183 cm³/mol. The van der Waals surface area contributed by atoms with Crippen LogP contribution in [0.1, 0.15) is 94.9 Å². The highest BCUT2D eigenvalue weighted by molar-refractivity contribution is 5.38. The second-order valence-electron chi connectivity index (χ2n) is 15.4. The molecular formula is C40H56O4. The first-order valence-corrected chi connectivity index (χ1v) is 16.3. The van der Waals surface area contributed by atoms with Gasteiger partial charge in [0, 0.05) is 18.3 Å². The van der Waals surface area contributed by atoms with Crippen molar-refractivity contribution in [1.29, 1.82) is 0 Å². The van der Waals surface area contributed by atoms with Gasteiger partial charge < -0.3 is 19.7 Å². The minimum absolute atomic E-state index is 0.0514. The number of allylic oxidation sites excluding steroid dienone is 14. The molecule has 4 aliphatic rings. The first kappa shape index (κ1) is 34.4. The number of aliphatic hydroxyl groups excluding tert-OH is 1. The minimum Gasteiger partial charge on any atom is -0.393 e. The standard InChI is InChI=1S/C40H56O4/c1-28(17-13-18-30(3)21-22-40-37(7,8)26-33(43-40)27-39(40,10)42)15-11-12-16-29(2)19-14-20-31(4)34-23-35-36(5,6)24-32(41)25-38(35,9)44-34/h11-23,32-34,41-42H,24-27H2,1-10H3/b12-11+,17-13+,19-14+,22-21+,28-15+,29-16+,30-18+,31-20+/t32-,33+,34-,38+,39+,40-/m0/s1. The largest absolute Gasteiger partial charge is 0.393 e. The van der Waals surface area contributed by atoms with Crippen LogP contribution in [-0.4, -0.2) is 45.3 Å². The summed E-state index contributed by atoms with van der Waals surface area (Å²) < 4.78 is 12.8. The molecule has 44 heavy (non-hydrogen) atoms. The van der Waals surface area contributed by atoms with Crippen LogP contribution in [0.25, 0.3) is 0 Å². The summed E-state index contributed by atoms with van der Waals surface area (Å²) in [6.07, 6.45) is 30.2. The fraction of sp³-hybridized carbons (Fsp3) is 0.550.